The van der Waals surface area contributed by atoms with Gasteiger partial charge in [0.2, 0.25) is 0 Å². The van der Waals surface area contributed by atoms with Crippen molar-refractivity contribution in [2.45, 2.75) is 20.8 Å². The van der Waals surface area contributed by atoms with Crippen LogP contribution in [0.1, 0.15) is 20.8 Å². The van der Waals surface area contributed by atoms with E-state index in [0.29, 0.717) is 17.2 Å². The van der Waals surface area contributed by atoms with Crippen LogP contribution in [0.3, 0.4) is 0 Å². The monoisotopic (exact) mass is 263 g/mol. The van der Waals surface area contributed by atoms with Gasteiger partial charge in [0.1, 0.15) is 12.4 Å². The third kappa shape index (κ3) is 4.41. The number of aliphatic hydroxyl groups excluding tert-OH is 1. The number of hydrogen-bond donors (Lipinski definition) is 1. The van der Waals surface area contributed by atoms with Crippen LogP contribution in [0.25, 0.3) is 0 Å². The molecular weight excluding hydrogens is 242 g/mol. The Bertz CT molecular complexity index is 444. The summed E-state index contributed by atoms with van der Waals surface area (Å²) < 4.78 is 5.35. The van der Waals surface area contributed by atoms with Crippen molar-refractivity contribution in [2.24, 2.45) is 5.92 Å². The average Bonchev–Trinajstić information content (AvgIpc) is 2.35. The van der Waals surface area contributed by atoms with Crippen LogP contribution in [0.5, 0.6) is 0 Å². The first-order valence-corrected chi connectivity index (χ1v) is 6.30. The van der Waals surface area contributed by atoms with Gasteiger partial charge in [-0.3, -0.25) is 4.79 Å². The highest BCUT2D eigenvalue weighted by molar-refractivity contribution is 5.93. The highest BCUT2D eigenvalue weighted by Gasteiger charge is 2.18. The van der Waals surface area contributed by atoms with E-state index in [0.717, 1.165) is 0 Å². The van der Waals surface area contributed by atoms with E-state index in [4.69, 9.17) is 9.84 Å². The molecule has 4 heteroatoms. The van der Waals surface area contributed by atoms with Crippen LogP contribution in [-0.2, 0) is 9.53 Å². The molecule has 4 nitrogen and oxygen atoms in total. The summed E-state index contributed by atoms with van der Waals surface area (Å²) in [5.74, 6) is 0.827. The Kier molecular flexibility index (Phi) is 5.57. The van der Waals surface area contributed by atoms with Gasteiger partial charge in [-0.15, -0.1) is 0 Å². The summed E-state index contributed by atoms with van der Waals surface area (Å²) >= 11 is 0. The Labute approximate surface area is 114 Å². The summed E-state index contributed by atoms with van der Waals surface area (Å²) in [5, 5.41) is 8.76. The van der Waals surface area contributed by atoms with Gasteiger partial charge < -0.3 is 14.7 Å². The molecule has 1 heterocycles. The van der Waals surface area contributed by atoms with E-state index in [9.17, 15) is 4.79 Å². The molecule has 0 aromatic carbocycles. The van der Waals surface area contributed by atoms with Crippen LogP contribution in [0.4, 0.5) is 0 Å². The number of hydrogen-bond acceptors (Lipinski definition) is 4. The maximum absolute atomic E-state index is 11.8. The van der Waals surface area contributed by atoms with Crippen molar-refractivity contribution in [1.82, 2.24) is 4.90 Å². The second-order valence-corrected chi connectivity index (χ2v) is 4.65. The lowest BCUT2D eigenvalue weighted by Crippen LogP contribution is -2.23. The molecule has 0 fully saturated rings. The first-order chi connectivity index (χ1) is 8.95. The fourth-order valence-corrected chi connectivity index (χ4v) is 1.67. The van der Waals surface area contributed by atoms with Gasteiger partial charge in [0.15, 0.2) is 5.78 Å². The second kappa shape index (κ2) is 6.95. The van der Waals surface area contributed by atoms with E-state index in [2.05, 4.69) is 6.58 Å². The number of allylic oxidation sites excluding steroid dienone is 4. The van der Waals surface area contributed by atoms with Crippen molar-refractivity contribution in [2.75, 3.05) is 13.2 Å². The van der Waals surface area contributed by atoms with Crippen molar-refractivity contribution < 1.29 is 14.6 Å². The summed E-state index contributed by atoms with van der Waals surface area (Å²) in [5.41, 5.74) is 1.29. The molecule has 0 aromatic heterocycles. The molecule has 0 unspecified atom stereocenters. The van der Waals surface area contributed by atoms with Crippen molar-refractivity contribution in [3.8, 4) is 0 Å². The molecule has 0 atom stereocenters. The first-order valence-electron chi connectivity index (χ1n) is 6.30. The van der Waals surface area contributed by atoms with Crippen molar-refractivity contribution in [3.05, 3.63) is 48.2 Å². The summed E-state index contributed by atoms with van der Waals surface area (Å²) in [4.78, 5) is 13.5. The Balaban J connectivity index is 3.01. The van der Waals surface area contributed by atoms with Crippen LogP contribution >= 0.6 is 0 Å². The average molecular weight is 263 g/mol. The number of ketones is 1. The lowest BCUT2D eigenvalue weighted by molar-refractivity contribution is -0.114. The fourth-order valence-electron chi connectivity index (χ4n) is 1.67. The van der Waals surface area contributed by atoms with Gasteiger partial charge in [0.05, 0.1) is 18.5 Å². The van der Waals surface area contributed by atoms with Crippen molar-refractivity contribution in [3.63, 3.8) is 0 Å². The third-order valence-electron chi connectivity index (χ3n) is 2.48. The molecule has 1 aliphatic rings. The minimum absolute atomic E-state index is 0.0251. The molecule has 0 aromatic rings. The minimum atomic E-state index is -0.0481. The van der Waals surface area contributed by atoms with Gasteiger partial charge in [0, 0.05) is 12.6 Å². The molecule has 19 heavy (non-hydrogen) atoms. The topological polar surface area (TPSA) is 49.8 Å². The lowest BCUT2D eigenvalue weighted by Gasteiger charge is -2.26. The lowest BCUT2D eigenvalue weighted by atomic mass is 10.1. The van der Waals surface area contributed by atoms with Crippen LogP contribution in [0, 0.1) is 5.92 Å². The normalized spacial score (nSPS) is 15.8. The summed E-state index contributed by atoms with van der Waals surface area (Å²) in [6, 6.07) is 0. The molecule has 1 rings (SSSR count). The molecule has 0 amide bonds. The number of ether oxygens (including phenoxy) is 1. The second-order valence-electron chi connectivity index (χ2n) is 4.65. The fraction of sp³-hybridized carbons (Fsp3) is 0.400. The number of nitrogens with zero attached hydrogens (tertiary/aromatic N) is 1. The SMILES string of the molecule is C=C1C=CC(OCCO)=CN1/C(=C\C(C)C)C(C)=O. The summed E-state index contributed by atoms with van der Waals surface area (Å²) in [7, 11) is 0. The number of Topliss-reactive ketones (excluding diaryl/α,β-unsaturated/α-hetero) is 1. The maximum Gasteiger partial charge on any atom is 0.176 e. The zero-order valence-electron chi connectivity index (χ0n) is 11.7. The van der Waals surface area contributed by atoms with Crippen molar-refractivity contribution >= 4 is 5.78 Å². The van der Waals surface area contributed by atoms with Gasteiger partial charge in [-0.25, -0.2) is 0 Å². The Morgan fingerprint density at radius 2 is 2.21 bits per heavy atom. The molecule has 0 bridgehead atoms. The molecule has 0 spiro atoms. The highest BCUT2D eigenvalue weighted by Crippen LogP contribution is 2.23. The van der Waals surface area contributed by atoms with Crippen LogP contribution in [0.15, 0.2) is 48.2 Å². The highest BCUT2D eigenvalue weighted by atomic mass is 16.5. The number of aliphatic hydroxyl groups is 1. The number of carbonyl (C=O) groups is 1. The zero-order valence-corrected chi connectivity index (χ0v) is 11.7. The van der Waals surface area contributed by atoms with E-state index in [-0.39, 0.29) is 24.9 Å². The molecule has 0 saturated heterocycles. The van der Waals surface area contributed by atoms with E-state index < -0.39 is 0 Å². The minimum Gasteiger partial charge on any atom is -0.490 e. The quantitative estimate of drug-likeness (QED) is 0.747. The van der Waals surface area contributed by atoms with Crippen LogP contribution in [0.2, 0.25) is 0 Å². The van der Waals surface area contributed by atoms with Crippen molar-refractivity contribution in [1.29, 1.82) is 0 Å². The third-order valence-corrected chi connectivity index (χ3v) is 2.48. The van der Waals surface area contributed by atoms with E-state index in [1.165, 1.54) is 6.92 Å². The number of carbonyl (C=O) groups excluding carboxylic acids is 1. The molecule has 0 saturated carbocycles. The smallest absolute Gasteiger partial charge is 0.176 e. The summed E-state index contributed by atoms with van der Waals surface area (Å²) in [6.45, 7) is 9.65. The molecule has 0 radical (unpaired) electrons. The molecular formula is C15H21NO3. The Morgan fingerprint density at radius 1 is 1.53 bits per heavy atom. The van der Waals surface area contributed by atoms with Crippen LogP contribution < -0.4 is 0 Å². The van der Waals surface area contributed by atoms with Gasteiger partial charge in [-0.1, -0.05) is 26.5 Å². The maximum atomic E-state index is 11.8. The predicted molar refractivity (Wildman–Crippen MR) is 74.8 cm³/mol. The van der Waals surface area contributed by atoms with E-state index in [1.54, 1.807) is 23.3 Å². The van der Waals surface area contributed by atoms with Crippen LogP contribution in [-0.4, -0.2) is 29.0 Å². The van der Waals surface area contributed by atoms with Gasteiger partial charge in [0.25, 0.3) is 0 Å². The first kappa shape index (κ1) is 15.2. The van der Waals surface area contributed by atoms with Gasteiger partial charge in [-0.2, -0.15) is 0 Å². The zero-order chi connectivity index (χ0) is 14.4. The van der Waals surface area contributed by atoms with E-state index >= 15 is 0 Å². The standard InChI is InChI=1S/C15H21NO3/c1-11(2)9-15(13(4)18)16-10-14(19-8-7-17)6-5-12(16)3/h5-6,9-11,17H,3,7-8H2,1-2,4H3/b15-9-. The molecule has 0 aliphatic carbocycles. The largest absolute Gasteiger partial charge is 0.490 e. The number of rotatable bonds is 6. The van der Waals surface area contributed by atoms with Gasteiger partial charge in [-0.05, 0) is 18.1 Å². The Hall–Kier alpha value is -1.81. The summed E-state index contributed by atoms with van der Waals surface area (Å²) in [6.07, 6.45) is 7.16. The predicted octanol–water partition coefficient (Wildman–Crippen LogP) is 2.35. The molecule has 104 valence electrons. The Morgan fingerprint density at radius 3 is 2.74 bits per heavy atom. The van der Waals surface area contributed by atoms with E-state index in [1.807, 2.05) is 19.9 Å². The molecule has 1 N–H and O–H groups in total. The van der Waals surface area contributed by atoms with Gasteiger partial charge >= 0.3 is 0 Å². The molecule has 1 aliphatic heterocycles.